The Morgan fingerprint density at radius 3 is 2.58 bits per heavy atom. The van der Waals surface area contributed by atoms with Gasteiger partial charge >= 0.3 is 0 Å². The Hall–Kier alpha value is -2.74. The molecule has 0 saturated heterocycles. The molecule has 1 amide bonds. The summed E-state index contributed by atoms with van der Waals surface area (Å²) in [7, 11) is 0. The summed E-state index contributed by atoms with van der Waals surface area (Å²) in [6.07, 6.45) is 4.22. The van der Waals surface area contributed by atoms with E-state index in [2.05, 4.69) is 20.5 Å². The largest absolute Gasteiger partial charge is 0.355 e. The number of thioether (sulfide) groups is 1. The molecule has 3 aromatic rings. The molecule has 0 bridgehead atoms. The molecule has 26 heavy (non-hydrogen) atoms. The number of aromatic nitrogens is 4. The highest BCUT2D eigenvalue weighted by atomic mass is 32.2. The van der Waals surface area contributed by atoms with Gasteiger partial charge in [-0.15, -0.1) is 10.2 Å². The van der Waals surface area contributed by atoms with Crippen LogP contribution in [0.1, 0.15) is 13.3 Å². The number of benzene rings is 1. The third kappa shape index (κ3) is 4.26. The van der Waals surface area contributed by atoms with Gasteiger partial charge in [0.05, 0.1) is 5.75 Å². The molecule has 1 aromatic carbocycles. The number of rotatable bonds is 7. The van der Waals surface area contributed by atoms with E-state index in [0.29, 0.717) is 17.5 Å². The minimum absolute atomic E-state index is 0.0593. The van der Waals surface area contributed by atoms with Gasteiger partial charge in [0.2, 0.25) is 5.91 Å². The quantitative estimate of drug-likeness (QED) is 0.646. The van der Waals surface area contributed by atoms with Gasteiger partial charge in [-0.1, -0.05) is 18.7 Å². The van der Waals surface area contributed by atoms with Gasteiger partial charge in [0.1, 0.15) is 5.82 Å². The van der Waals surface area contributed by atoms with Crippen LogP contribution >= 0.6 is 11.8 Å². The highest BCUT2D eigenvalue weighted by Crippen LogP contribution is 2.27. The van der Waals surface area contributed by atoms with Crippen molar-refractivity contribution in [1.29, 1.82) is 0 Å². The van der Waals surface area contributed by atoms with Crippen LogP contribution in [0.25, 0.3) is 17.1 Å². The van der Waals surface area contributed by atoms with Gasteiger partial charge in [-0.2, -0.15) is 0 Å². The molecule has 0 atom stereocenters. The molecule has 6 nitrogen and oxygen atoms in total. The van der Waals surface area contributed by atoms with Crippen molar-refractivity contribution >= 4 is 17.7 Å². The summed E-state index contributed by atoms with van der Waals surface area (Å²) in [4.78, 5) is 15.9. The molecule has 0 aliphatic carbocycles. The van der Waals surface area contributed by atoms with Crippen LogP contribution in [0.3, 0.4) is 0 Å². The average Bonchev–Trinajstić information content (AvgIpc) is 3.10. The lowest BCUT2D eigenvalue weighted by molar-refractivity contribution is -0.118. The average molecular weight is 371 g/mol. The number of nitrogens with one attached hydrogen (secondary N) is 1. The first-order valence-corrected chi connectivity index (χ1v) is 9.19. The SMILES string of the molecule is CCCNC(=O)CSc1nnc(-c2ccncc2)n1-c1ccc(F)cc1. The topological polar surface area (TPSA) is 72.7 Å². The first-order valence-electron chi connectivity index (χ1n) is 8.20. The maximum Gasteiger partial charge on any atom is 0.230 e. The highest BCUT2D eigenvalue weighted by Gasteiger charge is 2.17. The number of hydrogen-bond donors (Lipinski definition) is 1. The lowest BCUT2D eigenvalue weighted by Gasteiger charge is -2.10. The molecule has 2 heterocycles. The summed E-state index contributed by atoms with van der Waals surface area (Å²) in [5, 5.41) is 11.9. The van der Waals surface area contributed by atoms with Crippen molar-refractivity contribution in [1.82, 2.24) is 25.1 Å². The number of hydrogen-bond acceptors (Lipinski definition) is 5. The van der Waals surface area contributed by atoms with Crippen LogP contribution in [0.2, 0.25) is 0 Å². The second-order valence-electron chi connectivity index (χ2n) is 5.49. The fourth-order valence-electron chi connectivity index (χ4n) is 2.32. The van der Waals surface area contributed by atoms with E-state index in [0.717, 1.165) is 17.7 Å². The van der Waals surface area contributed by atoms with Gasteiger partial charge in [0.15, 0.2) is 11.0 Å². The van der Waals surface area contributed by atoms with E-state index in [9.17, 15) is 9.18 Å². The number of amides is 1. The molecule has 0 aliphatic heterocycles. The number of halogens is 1. The zero-order valence-corrected chi connectivity index (χ0v) is 15.0. The summed E-state index contributed by atoms with van der Waals surface area (Å²) in [6, 6.07) is 9.73. The summed E-state index contributed by atoms with van der Waals surface area (Å²) >= 11 is 1.29. The summed E-state index contributed by atoms with van der Waals surface area (Å²) < 4.78 is 15.1. The van der Waals surface area contributed by atoms with E-state index in [-0.39, 0.29) is 17.5 Å². The molecular weight excluding hydrogens is 353 g/mol. The van der Waals surface area contributed by atoms with Crippen LogP contribution in [0.5, 0.6) is 0 Å². The second-order valence-corrected chi connectivity index (χ2v) is 6.44. The maximum atomic E-state index is 13.3. The Morgan fingerprint density at radius 2 is 1.88 bits per heavy atom. The van der Waals surface area contributed by atoms with Crippen LogP contribution in [0.15, 0.2) is 53.9 Å². The lowest BCUT2D eigenvalue weighted by atomic mass is 10.2. The van der Waals surface area contributed by atoms with Crippen LogP contribution in [-0.2, 0) is 4.79 Å². The van der Waals surface area contributed by atoms with Gasteiger partial charge in [0, 0.05) is 30.2 Å². The number of carbonyl (C=O) groups is 1. The smallest absolute Gasteiger partial charge is 0.230 e. The summed E-state index contributed by atoms with van der Waals surface area (Å²) in [5.41, 5.74) is 1.55. The van der Waals surface area contributed by atoms with Crippen LogP contribution in [0.4, 0.5) is 4.39 Å². The minimum atomic E-state index is -0.319. The zero-order chi connectivity index (χ0) is 18.4. The normalized spacial score (nSPS) is 10.7. The Kier molecular flexibility index (Phi) is 5.96. The van der Waals surface area contributed by atoms with Gasteiger partial charge < -0.3 is 5.32 Å². The minimum Gasteiger partial charge on any atom is -0.355 e. The van der Waals surface area contributed by atoms with E-state index in [4.69, 9.17) is 0 Å². The van der Waals surface area contributed by atoms with E-state index in [1.807, 2.05) is 23.6 Å². The van der Waals surface area contributed by atoms with Crippen LogP contribution in [-0.4, -0.2) is 38.0 Å². The van der Waals surface area contributed by atoms with Crippen molar-refractivity contribution in [3.8, 4) is 17.1 Å². The van der Waals surface area contributed by atoms with Crippen molar-refractivity contribution in [2.75, 3.05) is 12.3 Å². The Labute approximate surface area is 154 Å². The Balaban J connectivity index is 1.93. The van der Waals surface area contributed by atoms with E-state index in [1.54, 1.807) is 24.5 Å². The first kappa shape index (κ1) is 18.1. The molecule has 0 unspecified atom stereocenters. The third-order valence-electron chi connectivity index (χ3n) is 3.56. The molecule has 0 fully saturated rings. The summed E-state index contributed by atoms with van der Waals surface area (Å²) in [6.45, 7) is 2.64. The third-order valence-corrected chi connectivity index (χ3v) is 4.49. The molecular formula is C18H18FN5OS. The van der Waals surface area contributed by atoms with Gasteiger partial charge in [-0.25, -0.2) is 4.39 Å². The zero-order valence-electron chi connectivity index (χ0n) is 14.2. The molecule has 3 rings (SSSR count). The van der Waals surface area contributed by atoms with E-state index >= 15 is 0 Å². The molecule has 8 heteroatoms. The molecule has 0 aliphatic rings. The Bertz CT molecular complexity index is 867. The standard InChI is InChI=1S/C18H18FN5OS/c1-2-9-21-16(25)12-26-18-23-22-17(13-7-10-20-11-8-13)24(18)15-5-3-14(19)4-6-15/h3-8,10-11H,2,9,12H2,1H3,(H,21,25). The van der Waals surface area contributed by atoms with Crippen molar-refractivity contribution in [2.45, 2.75) is 18.5 Å². The number of carbonyl (C=O) groups excluding carboxylic acids is 1. The first-order chi connectivity index (χ1) is 12.7. The fourth-order valence-corrected chi connectivity index (χ4v) is 3.10. The Morgan fingerprint density at radius 1 is 1.15 bits per heavy atom. The van der Waals surface area contributed by atoms with E-state index in [1.165, 1.54) is 23.9 Å². The lowest BCUT2D eigenvalue weighted by Crippen LogP contribution is -2.25. The predicted octanol–water partition coefficient (Wildman–Crippen LogP) is 3.09. The molecule has 134 valence electrons. The van der Waals surface area contributed by atoms with Crippen molar-refractivity contribution in [2.24, 2.45) is 0 Å². The van der Waals surface area contributed by atoms with Crippen LogP contribution in [0, 0.1) is 5.82 Å². The highest BCUT2D eigenvalue weighted by molar-refractivity contribution is 7.99. The molecule has 0 saturated carbocycles. The fraction of sp³-hybridized carbons (Fsp3) is 0.222. The van der Waals surface area contributed by atoms with Crippen molar-refractivity contribution in [3.63, 3.8) is 0 Å². The van der Waals surface area contributed by atoms with Gasteiger partial charge in [-0.3, -0.25) is 14.3 Å². The molecule has 0 radical (unpaired) electrons. The van der Waals surface area contributed by atoms with Gasteiger partial charge in [0.25, 0.3) is 0 Å². The predicted molar refractivity (Wildman–Crippen MR) is 98.6 cm³/mol. The number of nitrogens with zero attached hydrogens (tertiary/aromatic N) is 4. The van der Waals surface area contributed by atoms with Crippen molar-refractivity contribution in [3.05, 3.63) is 54.6 Å². The summed E-state index contributed by atoms with van der Waals surface area (Å²) in [5.74, 6) is 0.460. The van der Waals surface area contributed by atoms with Crippen molar-refractivity contribution < 1.29 is 9.18 Å². The molecule has 2 aromatic heterocycles. The van der Waals surface area contributed by atoms with Crippen LogP contribution < -0.4 is 5.32 Å². The monoisotopic (exact) mass is 371 g/mol. The second kappa shape index (κ2) is 8.57. The maximum absolute atomic E-state index is 13.3. The van der Waals surface area contributed by atoms with E-state index < -0.39 is 0 Å². The number of pyridine rings is 1. The molecule has 0 spiro atoms. The van der Waals surface area contributed by atoms with Gasteiger partial charge in [-0.05, 0) is 42.8 Å². The molecule has 1 N–H and O–H groups in total.